The molecule has 0 N–H and O–H groups in total. The van der Waals surface area contributed by atoms with E-state index in [1.165, 1.54) is 6.42 Å². The number of morpholine rings is 1. The summed E-state index contributed by atoms with van der Waals surface area (Å²) in [4.78, 5) is 16.7. The molecule has 5 nitrogen and oxygen atoms in total. The number of amides is 1. The number of ether oxygens (including phenoxy) is 1. The van der Waals surface area contributed by atoms with E-state index in [1.807, 2.05) is 17.0 Å². The molecule has 0 radical (unpaired) electrons. The first kappa shape index (κ1) is 18.2. The molecule has 2 aliphatic heterocycles. The van der Waals surface area contributed by atoms with E-state index in [0.29, 0.717) is 12.2 Å². The van der Waals surface area contributed by atoms with Crippen molar-refractivity contribution in [2.45, 2.75) is 45.3 Å². The number of hydrogen-bond donors (Lipinski definition) is 0. The summed E-state index contributed by atoms with van der Waals surface area (Å²) in [5.74, 6) is 1.54. The number of carbonyl (C=O) groups excluding carboxylic acids is 1. The van der Waals surface area contributed by atoms with Gasteiger partial charge < -0.3 is 14.1 Å². The van der Waals surface area contributed by atoms with Gasteiger partial charge in [-0.3, -0.25) is 9.69 Å². The van der Waals surface area contributed by atoms with Crippen LogP contribution in [0.1, 0.15) is 38.9 Å². The highest BCUT2D eigenvalue weighted by Gasteiger charge is 2.25. The van der Waals surface area contributed by atoms with Gasteiger partial charge in [0.25, 0.3) is 0 Å². The third kappa shape index (κ3) is 5.44. The Bertz CT molecular complexity index is 552. The van der Waals surface area contributed by atoms with Gasteiger partial charge in [0, 0.05) is 32.3 Å². The Kier molecular flexibility index (Phi) is 6.32. The third-order valence-corrected chi connectivity index (χ3v) is 5.21. The highest BCUT2D eigenvalue weighted by Crippen LogP contribution is 2.22. The zero-order chi connectivity index (χ0) is 17.6. The summed E-state index contributed by atoms with van der Waals surface area (Å²) in [5, 5.41) is 0. The number of carbonyl (C=O) groups is 1. The number of likely N-dealkylation sites (tertiary alicyclic amines) is 1. The standard InChI is InChI=1S/C20H30N2O3/c1-16-14-21(15-17(2)25-16)10-7-18-8-11-22(12-9-18)20(23)6-5-19-4-3-13-24-19/h3-6,13,16-18H,7-12,14-15H2,1-2H3/b6-5+/t16-,17-/m1/s1. The second-order valence-electron chi connectivity index (χ2n) is 7.42. The first-order chi connectivity index (χ1) is 12.1. The molecule has 2 atom stereocenters. The van der Waals surface area contributed by atoms with Crippen LogP contribution in [0.15, 0.2) is 28.9 Å². The van der Waals surface area contributed by atoms with Crippen LogP contribution in [-0.4, -0.2) is 60.6 Å². The zero-order valence-corrected chi connectivity index (χ0v) is 15.4. The number of furan rings is 1. The second kappa shape index (κ2) is 8.68. The van der Waals surface area contributed by atoms with Gasteiger partial charge in [-0.1, -0.05) is 0 Å². The van der Waals surface area contributed by atoms with E-state index in [4.69, 9.17) is 9.15 Å². The molecule has 0 aromatic carbocycles. The van der Waals surface area contributed by atoms with Crippen LogP contribution in [0.2, 0.25) is 0 Å². The lowest BCUT2D eigenvalue weighted by Crippen LogP contribution is -2.46. The number of rotatable bonds is 5. The summed E-state index contributed by atoms with van der Waals surface area (Å²) in [6.45, 7) is 9.27. The number of nitrogens with zero attached hydrogens (tertiary/aromatic N) is 2. The zero-order valence-electron chi connectivity index (χ0n) is 15.4. The molecule has 0 saturated carbocycles. The van der Waals surface area contributed by atoms with E-state index in [1.54, 1.807) is 18.4 Å². The molecular weight excluding hydrogens is 316 g/mol. The van der Waals surface area contributed by atoms with Crippen LogP contribution < -0.4 is 0 Å². The molecule has 0 bridgehead atoms. The molecule has 5 heteroatoms. The summed E-state index contributed by atoms with van der Waals surface area (Å²) < 4.78 is 11.0. The van der Waals surface area contributed by atoms with Crippen molar-refractivity contribution in [1.82, 2.24) is 9.80 Å². The molecule has 1 aromatic rings. The lowest BCUT2D eigenvalue weighted by molar-refractivity contribution is -0.127. The van der Waals surface area contributed by atoms with Gasteiger partial charge in [0.2, 0.25) is 5.91 Å². The van der Waals surface area contributed by atoms with E-state index in [2.05, 4.69) is 18.7 Å². The highest BCUT2D eigenvalue weighted by molar-refractivity contribution is 5.91. The Morgan fingerprint density at radius 3 is 2.60 bits per heavy atom. The van der Waals surface area contributed by atoms with Gasteiger partial charge in [0.1, 0.15) is 5.76 Å². The van der Waals surface area contributed by atoms with Crippen molar-refractivity contribution < 1.29 is 13.9 Å². The minimum Gasteiger partial charge on any atom is -0.465 e. The molecular formula is C20H30N2O3. The van der Waals surface area contributed by atoms with Gasteiger partial charge in [-0.25, -0.2) is 0 Å². The molecule has 1 aromatic heterocycles. The van der Waals surface area contributed by atoms with Gasteiger partial charge in [-0.2, -0.15) is 0 Å². The Balaban J connectivity index is 1.37. The molecule has 0 unspecified atom stereocenters. The molecule has 138 valence electrons. The highest BCUT2D eigenvalue weighted by atomic mass is 16.5. The van der Waals surface area contributed by atoms with Crippen LogP contribution in [0.5, 0.6) is 0 Å². The van der Waals surface area contributed by atoms with Gasteiger partial charge >= 0.3 is 0 Å². The molecule has 2 fully saturated rings. The summed E-state index contributed by atoms with van der Waals surface area (Å²) in [7, 11) is 0. The van der Waals surface area contributed by atoms with Crippen molar-refractivity contribution in [3.05, 3.63) is 30.2 Å². The summed E-state index contributed by atoms with van der Waals surface area (Å²) in [6, 6.07) is 3.68. The average molecular weight is 346 g/mol. The van der Waals surface area contributed by atoms with E-state index in [0.717, 1.165) is 57.2 Å². The fourth-order valence-electron chi connectivity index (χ4n) is 3.92. The van der Waals surface area contributed by atoms with Crippen LogP contribution in [-0.2, 0) is 9.53 Å². The van der Waals surface area contributed by atoms with Crippen LogP contribution in [0.4, 0.5) is 0 Å². The summed E-state index contributed by atoms with van der Waals surface area (Å²) >= 11 is 0. The summed E-state index contributed by atoms with van der Waals surface area (Å²) in [6.07, 6.45) is 9.10. The molecule has 3 rings (SSSR count). The molecule has 2 saturated heterocycles. The first-order valence-corrected chi connectivity index (χ1v) is 9.48. The predicted octanol–water partition coefficient (Wildman–Crippen LogP) is 3.03. The van der Waals surface area contributed by atoms with Crippen LogP contribution in [0.25, 0.3) is 6.08 Å². The largest absolute Gasteiger partial charge is 0.465 e. The molecule has 3 heterocycles. The van der Waals surface area contributed by atoms with Crippen molar-refractivity contribution in [2.24, 2.45) is 5.92 Å². The van der Waals surface area contributed by atoms with Crippen molar-refractivity contribution in [1.29, 1.82) is 0 Å². The fraction of sp³-hybridized carbons (Fsp3) is 0.650. The van der Waals surface area contributed by atoms with Crippen molar-refractivity contribution in [3.63, 3.8) is 0 Å². The van der Waals surface area contributed by atoms with Gasteiger partial charge in [0.05, 0.1) is 18.5 Å². The van der Waals surface area contributed by atoms with Gasteiger partial charge in [-0.05, 0) is 63.8 Å². The number of hydrogen-bond acceptors (Lipinski definition) is 4. The lowest BCUT2D eigenvalue weighted by Gasteiger charge is -2.37. The van der Waals surface area contributed by atoms with Crippen molar-refractivity contribution >= 4 is 12.0 Å². The molecule has 1 amide bonds. The molecule has 2 aliphatic rings. The smallest absolute Gasteiger partial charge is 0.246 e. The number of piperidine rings is 1. The Labute approximate surface area is 150 Å². The quantitative estimate of drug-likeness (QED) is 0.769. The predicted molar refractivity (Wildman–Crippen MR) is 98.1 cm³/mol. The van der Waals surface area contributed by atoms with Crippen molar-refractivity contribution in [3.8, 4) is 0 Å². The Hall–Kier alpha value is -1.59. The van der Waals surface area contributed by atoms with Gasteiger partial charge in [0.15, 0.2) is 0 Å². The normalized spacial score (nSPS) is 26.4. The molecule has 25 heavy (non-hydrogen) atoms. The topological polar surface area (TPSA) is 45.9 Å². The van der Waals surface area contributed by atoms with E-state index >= 15 is 0 Å². The van der Waals surface area contributed by atoms with E-state index in [9.17, 15) is 4.79 Å². The summed E-state index contributed by atoms with van der Waals surface area (Å²) in [5.41, 5.74) is 0. The SMILES string of the molecule is C[C@@H]1CN(CCC2CCN(C(=O)/C=C/c3ccco3)CC2)C[C@@H](C)O1. The Morgan fingerprint density at radius 2 is 1.96 bits per heavy atom. The maximum atomic E-state index is 12.3. The second-order valence-corrected chi connectivity index (χ2v) is 7.42. The van der Waals surface area contributed by atoms with Crippen molar-refractivity contribution in [2.75, 3.05) is 32.7 Å². The van der Waals surface area contributed by atoms with E-state index in [-0.39, 0.29) is 5.91 Å². The van der Waals surface area contributed by atoms with Crippen LogP contribution in [0.3, 0.4) is 0 Å². The molecule has 0 aliphatic carbocycles. The Morgan fingerprint density at radius 1 is 1.24 bits per heavy atom. The van der Waals surface area contributed by atoms with Crippen LogP contribution >= 0.6 is 0 Å². The van der Waals surface area contributed by atoms with Crippen LogP contribution in [0, 0.1) is 5.92 Å². The van der Waals surface area contributed by atoms with Gasteiger partial charge in [-0.15, -0.1) is 0 Å². The minimum atomic E-state index is 0.0886. The maximum absolute atomic E-state index is 12.3. The monoisotopic (exact) mass is 346 g/mol. The first-order valence-electron chi connectivity index (χ1n) is 9.48. The maximum Gasteiger partial charge on any atom is 0.246 e. The fourth-order valence-corrected chi connectivity index (χ4v) is 3.92. The lowest BCUT2D eigenvalue weighted by atomic mass is 9.93. The van der Waals surface area contributed by atoms with E-state index < -0.39 is 0 Å². The third-order valence-electron chi connectivity index (χ3n) is 5.21. The average Bonchev–Trinajstić information content (AvgIpc) is 3.11. The minimum absolute atomic E-state index is 0.0886. The molecule has 0 spiro atoms.